The minimum absolute atomic E-state index is 0.145. The monoisotopic (exact) mass is 458 g/mol. The second kappa shape index (κ2) is 7.64. The van der Waals surface area contributed by atoms with E-state index in [4.69, 9.17) is 4.42 Å². The van der Waals surface area contributed by atoms with Crippen molar-refractivity contribution in [2.24, 2.45) is 7.05 Å². The zero-order chi connectivity index (χ0) is 23.3. The maximum Gasteiger partial charge on any atom is 0.263 e. The summed E-state index contributed by atoms with van der Waals surface area (Å²) in [5.41, 5.74) is 3.80. The highest BCUT2D eigenvalue weighted by molar-refractivity contribution is 7.92. The Morgan fingerprint density at radius 3 is 2.33 bits per heavy atom. The number of nitrogens with zero attached hydrogens (tertiary/aromatic N) is 1. The largest absolute Gasteiger partial charge is 0.463 e. The minimum Gasteiger partial charge on any atom is -0.463 e. The number of para-hydroxylation sites is 2. The first-order valence-corrected chi connectivity index (χ1v) is 11.9. The molecule has 2 aromatic heterocycles. The van der Waals surface area contributed by atoms with Crippen molar-refractivity contribution in [2.45, 2.75) is 18.7 Å². The van der Waals surface area contributed by atoms with Crippen LogP contribution in [0.15, 0.2) is 87.1 Å². The van der Waals surface area contributed by atoms with Crippen molar-refractivity contribution in [3.8, 4) is 11.1 Å². The zero-order valence-electron chi connectivity index (χ0n) is 18.4. The number of hydrogen-bond donors (Lipinski definition) is 1. The van der Waals surface area contributed by atoms with Crippen LogP contribution in [0.4, 0.5) is 5.82 Å². The van der Waals surface area contributed by atoms with Crippen LogP contribution in [0, 0.1) is 13.8 Å². The van der Waals surface area contributed by atoms with Gasteiger partial charge in [-0.2, -0.15) is 0 Å². The number of benzene rings is 3. The summed E-state index contributed by atoms with van der Waals surface area (Å²) in [4.78, 5) is 13.6. The Balaban J connectivity index is 1.80. The molecule has 5 aromatic rings. The number of fused-ring (bicyclic) bond motifs is 2. The molecular formula is C26H22N2O4S. The summed E-state index contributed by atoms with van der Waals surface area (Å²) in [6.45, 7) is 3.85. The molecule has 7 heteroatoms. The molecule has 2 heterocycles. The van der Waals surface area contributed by atoms with Crippen molar-refractivity contribution >= 4 is 37.7 Å². The van der Waals surface area contributed by atoms with Gasteiger partial charge >= 0.3 is 0 Å². The molecule has 0 amide bonds. The van der Waals surface area contributed by atoms with Gasteiger partial charge < -0.3 is 8.98 Å². The van der Waals surface area contributed by atoms with E-state index >= 15 is 0 Å². The van der Waals surface area contributed by atoms with Crippen LogP contribution in [0.5, 0.6) is 0 Å². The molecule has 3 aromatic carbocycles. The molecule has 6 nitrogen and oxygen atoms in total. The van der Waals surface area contributed by atoms with Crippen molar-refractivity contribution in [1.29, 1.82) is 0 Å². The van der Waals surface area contributed by atoms with Crippen LogP contribution in [0.1, 0.15) is 11.1 Å². The van der Waals surface area contributed by atoms with Crippen LogP contribution in [-0.2, 0) is 17.1 Å². The molecular weight excluding hydrogens is 436 g/mol. The smallest absolute Gasteiger partial charge is 0.263 e. The Morgan fingerprint density at radius 2 is 1.58 bits per heavy atom. The van der Waals surface area contributed by atoms with Gasteiger partial charge in [0.05, 0.1) is 21.4 Å². The van der Waals surface area contributed by atoms with Crippen LogP contribution < -0.4 is 10.2 Å². The molecule has 1 N–H and O–H groups in total. The van der Waals surface area contributed by atoms with Crippen molar-refractivity contribution in [1.82, 2.24) is 4.57 Å². The van der Waals surface area contributed by atoms with Crippen LogP contribution in [-0.4, -0.2) is 13.0 Å². The molecule has 0 aliphatic heterocycles. The lowest BCUT2D eigenvalue weighted by Gasteiger charge is -2.12. The highest BCUT2D eigenvalue weighted by atomic mass is 32.2. The maximum absolute atomic E-state index is 13.4. The molecule has 33 heavy (non-hydrogen) atoms. The van der Waals surface area contributed by atoms with Crippen LogP contribution in [0.25, 0.3) is 33.0 Å². The Labute approximate surface area is 191 Å². The summed E-state index contributed by atoms with van der Waals surface area (Å²) in [5.74, 6) is 0.308. The maximum atomic E-state index is 13.4. The van der Waals surface area contributed by atoms with Crippen LogP contribution in [0.3, 0.4) is 0 Å². The van der Waals surface area contributed by atoms with Crippen molar-refractivity contribution in [3.63, 3.8) is 0 Å². The van der Waals surface area contributed by atoms with E-state index in [1.807, 2.05) is 32.0 Å². The van der Waals surface area contributed by atoms with Gasteiger partial charge in [0, 0.05) is 18.0 Å². The Morgan fingerprint density at radius 1 is 0.879 bits per heavy atom. The predicted molar refractivity (Wildman–Crippen MR) is 131 cm³/mol. The highest BCUT2D eigenvalue weighted by Crippen LogP contribution is 2.39. The molecule has 0 unspecified atom stereocenters. The minimum atomic E-state index is -3.90. The number of hydrogen-bond acceptors (Lipinski definition) is 4. The first kappa shape index (κ1) is 21.0. The van der Waals surface area contributed by atoms with Crippen molar-refractivity contribution < 1.29 is 12.8 Å². The van der Waals surface area contributed by atoms with Gasteiger partial charge in [-0.3, -0.25) is 9.52 Å². The Bertz CT molecular complexity index is 1700. The van der Waals surface area contributed by atoms with E-state index in [1.165, 1.54) is 6.26 Å². The molecule has 0 saturated heterocycles. The van der Waals surface area contributed by atoms with Gasteiger partial charge in [0.1, 0.15) is 17.7 Å². The first-order valence-electron chi connectivity index (χ1n) is 10.5. The molecule has 0 aliphatic carbocycles. The van der Waals surface area contributed by atoms with E-state index in [1.54, 1.807) is 60.1 Å². The lowest BCUT2D eigenvalue weighted by molar-refractivity contribution is 0.600. The Hall–Kier alpha value is -3.84. The van der Waals surface area contributed by atoms with E-state index < -0.39 is 10.0 Å². The third kappa shape index (κ3) is 3.41. The molecule has 0 saturated carbocycles. The standard InChI is InChI=1S/C26H22N2O4S/c1-16-11-13-18(14-12-16)33(30,31)27-26-23(20-9-6-7-17(2)24(20)28(26)3)21-15-32-22-10-5-4-8-19(22)25(21)29/h4-15,27H,1-3H3. The van der Waals surface area contributed by atoms with Gasteiger partial charge in [0.25, 0.3) is 10.0 Å². The third-order valence-electron chi connectivity index (χ3n) is 5.93. The fraction of sp³-hybridized carbons (Fsp3) is 0.115. The fourth-order valence-corrected chi connectivity index (χ4v) is 5.36. The van der Waals surface area contributed by atoms with Crippen molar-refractivity contribution in [3.05, 3.63) is 94.3 Å². The number of aryl methyl sites for hydroxylation is 3. The highest BCUT2D eigenvalue weighted by Gasteiger charge is 2.25. The average molecular weight is 459 g/mol. The fourth-order valence-electron chi connectivity index (χ4n) is 4.26. The number of anilines is 1. The summed E-state index contributed by atoms with van der Waals surface area (Å²) in [7, 11) is -2.12. The van der Waals surface area contributed by atoms with Gasteiger partial charge in [0.2, 0.25) is 5.43 Å². The lowest BCUT2D eigenvalue weighted by Crippen LogP contribution is -2.16. The number of rotatable bonds is 4. The second-order valence-corrected chi connectivity index (χ2v) is 9.83. The van der Waals surface area contributed by atoms with Gasteiger partial charge in [-0.1, -0.05) is 48.0 Å². The molecule has 5 rings (SSSR count). The summed E-state index contributed by atoms with van der Waals surface area (Å²) in [6.07, 6.45) is 1.41. The van der Waals surface area contributed by atoms with Gasteiger partial charge in [-0.05, 0) is 43.7 Å². The predicted octanol–water partition coefficient (Wildman–Crippen LogP) is 5.37. The molecule has 0 spiro atoms. The molecule has 0 bridgehead atoms. The third-order valence-corrected chi connectivity index (χ3v) is 7.28. The summed E-state index contributed by atoms with van der Waals surface area (Å²) >= 11 is 0. The molecule has 0 aliphatic rings. The van der Waals surface area contributed by atoms with Crippen LogP contribution >= 0.6 is 0 Å². The molecule has 0 atom stereocenters. The van der Waals surface area contributed by atoms with E-state index in [0.29, 0.717) is 27.9 Å². The SMILES string of the molecule is Cc1ccc(S(=O)(=O)Nc2c(-c3coc4ccccc4c3=O)c3cccc(C)c3n2C)cc1. The summed E-state index contributed by atoms with van der Waals surface area (Å²) in [5, 5.41) is 1.20. The van der Waals surface area contributed by atoms with E-state index in [9.17, 15) is 13.2 Å². The van der Waals surface area contributed by atoms with Crippen molar-refractivity contribution in [2.75, 3.05) is 4.72 Å². The zero-order valence-corrected chi connectivity index (χ0v) is 19.2. The quantitative estimate of drug-likeness (QED) is 0.393. The number of sulfonamides is 1. The van der Waals surface area contributed by atoms with E-state index in [-0.39, 0.29) is 10.3 Å². The Kier molecular flexibility index (Phi) is 4.87. The summed E-state index contributed by atoms with van der Waals surface area (Å²) < 4.78 is 36.8. The van der Waals surface area contributed by atoms with E-state index in [0.717, 1.165) is 22.0 Å². The van der Waals surface area contributed by atoms with E-state index in [2.05, 4.69) is 4.72 Å². The van der Waals surface area contributed by atoms with Gasteiger partial charge in [-0.15, -0.1) is 0 Å². The molecule has 0 radical (unpaired) electrons. The average Bonchev–Trinajstić information content (AvgIpc) is 3.06. The summed E-state index contributed by atoms with van der Waals surface area (Å²) in [6, 6.07) is 19.4. The first-order chi connectivity index (χ1) is 15.8. The lowest BCUT2D eigenvalue weighted by atomic mass is 10.0. The molecule has 166 valence electrons. The molecule has 0 fully saturated rings. The second-order valence-electron chi connectivity index (χ2n) is 8.15. The van der Waals surface area contributed by atoms with Gasteiger partial charge in [-0.25, -0.2) is 8.42 Å². The normalized spacial score (nSPS) is 11.8. The number of nitrogens with one attached hydrogen (secondary N) is 1. The topological polar surface area (TPSA) is 81.3 Å². The van der Waals surface area contributed by atoms with Crippen LogP contribution in [0.2, 0.25) is 0 Å². The number of aromatic nitrogens is 1. The van der Waals surface area contributed by atoms with Gasteiger partial charge in [0.15, 0.2) is 0 Å².